The highest BCUT2D eigenvalue weighted by Gasteiger charge is 2.20. The number of hydrogen-bond acceptors (Lipinski definition) is 7. The van der Waals surface area contributed by atoms with Crippen LogP contribution in [0, 0.1) is 0 Å². The van der Waals surface area contributed by atoms with Crippen LogP contribution in [0.5, 0.6) is 11.5 Å². The van der Waals surface area contributed by atoms with Gasteiger partial charge in [0.05, 0.1) is 13.7 Å². The highest BCUT2D eigenvalue weighted by atomic mass is 16.5. The summed E-state index contributed by atoms with van der Waals surface area (Å²) in [6.07, 6.45) is 0.988. The monoisotopic (exact) mass is 551 g/mol. The summed E-state index contributed by atoms with van der Waals surface area (Å²) < 4.78 is 10.9. The molecule has 41 heavy (non-hydrogen) atoms. The van der Waals surface area contributed by atoms with E-state index in [0.29, 0.717) is 12.3 Å². The number of hydrogen-bond donors (Lipinski definition) is 1. The maximum atomic E-state index is 12.6. The molecule has 0 spiro atoms. The molecule has 1 saturated heterocycles. The Labute approximate surface area is 241 Å². The average Bonchev–Trinajstić information content (AvgIpc) is 3.02. The molecule has 0 unspecified atom stereocenters. The largest absolute Gasteiger partial charge is 0.497 e. The number of piperazine rings is 1. The highest BCUT2D eigenvalue weighted by molar-refractivity contribution is 6.02. The van der Waals surface area contributed by atoms with Crippen LogP contribution in [-0.4, -0.2) is 60.9 Å². The summed E-state index contributed by atoms with van der Waals surface area (Å²) in [6.45, 7) is 9.39. The third kappa shape index (κ3) is 7.02. The normalized spacial score (nSPS) is 13.6. The quantitative estimate of drug-likeness (QED) is 0.271. The lowest BCUT2D eigenvalue weighted by atomic mass is 9.97. The van der Waals surface area contributed by atoms with E-state index in [2.05, 4.69) is 68.6 Å². The van der Waals surface area contributed by atoms with Gasteiger partial charge in [-0.1, -0.05) is 37.3 Å². The van der Waals surface area contributed by atoms with Crippen molar-refractivity contribution in [3.05, 3.63) is 95.7 Å². The van der Waals surface area contributed by atoms with Gasteiger partial charge in [-0.25, -0.2) is 0 Å². The van der Waals surface area contributed by atoms with Crippen LogP contribution in [0.4, 0.5) is 11.5 Å². The molecule has 1 amide bonds. The average molecular weight is 552 g/mol. The summed E-state index contributed by atoms with van der Waals surface area (Å²) in [5.74, 6) is 2.13. The maximum Gasteiger partial charge on any atom is 0.276 e. The van der Waals surface area contributed by atoms with Gasteiger partial charge in [0.25, 0.3) is 5.91 Å². The predicted molar refractivity (Wildman–Crippen MR) is 163 cm³/mol. The number of nitrogens with zero attached hydrogens (tertiary/aromatic N) is 4. The third-order valence-corrected chi connectivity index (χ3v) is 7.39. The molecule has 0 bridgehead atoms. The molecule has 2 heterocycles. The third-order valence-electron chi connectivity index (χ3n) is 7.39. The number of carbonyl (C=O) groups is 1. The number of carbonyl (C=O) groups excluding carboxylic acids is 1. The molecule has 212 valence electrons. The number of amides is 1. The Morgan fingerprint density at radius 1 is 0.829 bits per heavy atom. The van der Waals surface area contributed by atoms with E-state index in [1.54, 1.807) is 37.4 Å². The zero-order valence-corrected chi connectivity index (χ0v) is 24.0. The van der Waals surface area contributed by atoms with Gasteiger partial charge in [-0.3, -0.25) is 9.69 Å². The fraction of sp³-hybridized carbons (Fsp3) is 0.303. The van der Waals surface area contributed by atoms with Crippen molar-refractivity contribution in [2.24, 2.45) is 0 Å². The van der Waals surface area contributed by atoms with Crippen LogP contribution < -0.4 is 19.7 Å². The highest BCUT2D eigenvalue weighted by Crippen LogP contribution is 2.27. The van der Waals surface area contributed by atoms with E-state index in [0.717, 1.165) is 56.5 Å². The number of aryl methyl sites for hydroxylation is 1. The van der Waals surface area contributed by atoms with Gasteiger partial charge in [0.2, 0.25) is 0 Å². The van der Waals surface area contributed by atoms with Crippen molar-refractivity contribution in [3.8, 4) is 22.6 Å². The molecular formula is C33H37N5O3. The second-order valence-corrected chi connectivity index (χ2v) is 10.0. The van der Waals surface area contributed by atoms with Gasteiger partial charge in [0, 0.05) is 38.4 Å². The van der Waals surface area contributed by atoms with Crippen LogP contribution in [0.15, 0.2) is 78.9 Å². The Morgan fingerprint density at radius 3 is 2.29 bits per heavy atom. The van der Waals surface area contributed by atoms with E-state index in [9.17, 15) is 4.79 Å². The van der Waals surface area contributed by atoms with Gasteiger partial charge in [-0.2, -0.15) is 0 Å². The Kier molecular flexibility index (Phi) is 9.11. The van der Waals surface area contributed by atoms with Crippen LogP contribution in [-0.2, 0) is 13.0 Å². The molecular weight excluding hydrogens is 514 g/mol. The van der Waals surface area contributed by atoms with Crippen molar-refractivity contribution in [1.29, 1.82) is 0 Å². The minimum absolute atomic E-state index is 0.281. The van der Waals surface area contributed by atoms with Crippen LogP contribution in [0.25, 0.3) is 11.1 Å². The van der Waals surface area contributed by atoms with E-state index in [1.807, 2.05) is 19.1 Å². The minimum Gasteiger partial charge on any atom is -0.497 e. The Morgan fingerprint density at radius 2 is 1.61 bits per heavy atom. The molecule has 3 aromatic carbocycles. The van der Waals surface area contributed by atoms with Crippen LogP contribution in [0.2, 0.25) is 0 Å². The molecule has 5 rings (SSSR count). The predicted octanol–water partition coefficient (Wildman–Crippen LogP) is 5.69. The topological polar surface area (TPSA) is 79.8 Å². The molecule has 1 N–H and O–H groups in total. The lowest BCUT2D eigenvalue weighted by Crippen LogP contribution is -2.46. The first-order valence-electron chi connectivity index (χ1n) is 14.2. The molecule has 1 aromatic heterocycles. The maximum absolute atomic E-state index is 12.6. The van der Waals surface area contributed by atoms with Crippen molar-refractivity contribution in [3.63, 3.8) is 0 Å². The Balaban J connectivity index is 1.16. The van der Waals surface area contributed by atoms with Gasteiger partial charge in [-0.15, -0.1) is 10.2 Å². The first-order valence-corrected chi connectivity index (χ1v) is 14.2. The van der Waals surface area contributed by atoms with Gasteiger partial charge >= 0.3 is 0 Å². The molecule has 8 heteroatoms. The van der Waals surface area contributed by atoms with Crippen molar-refractivity contribution >= 4 is 17.4 Å². The van der Waals surface area contributed by atoms with Crippen molar-refractivity contribution in [2.75, 3.05) is 50.1 Å². The molecule has 1 aliphatic rings. The summed E-state index contributed by atoms with van der Waals surface area (Å²) in [5, 5.41) is 11.4. The summed E-state index contributed by atoms with van der Waals surface area (Å²) in [6, 6.07) is 25.9. The number of aromatic nitrogens is 2. The summed E-state index contributed by atoms with van der Waals surface area (Å²) in [7, 11) is 1.61. The van der Waals surface area contributed by atoms with Gasteiger partial charge < -0.3 is 19.7 Å². The van der Waals surface area contributed by atoms with Crippen LogP contribution in [0.1, 0.15) is 35.5 Å². The molecule has 0 saturated carbocycles. The summed E-state index contributed by atoms with van der Waals surface area (Å²) >= 11 is 0. The molecule has 4 aromatic rings. The number of rotatable bonds is 10. The number of nitrogens with one attached hydrogen (secondary N) is 1. The fourth-order valence-electron chi connectivity index (χ4n) is 5.08. The van der Waals surface area contributed by atoms with Crippen molar-refractivity contribution < 1.29 is 14.3 Å². The minimum atomic E-state index is -0.293. The van der Waals surface area contributed by atoms with Gasteiger partial charge in [0.15, 0.2) is 11.5 Å². The number of anilines is 2. The van der Waals surface area contributed by atoms with E-state index in [1.165, 1.54) is 22.3 Å². The zero-order valence-electron chi connectivity index (χ0n) is 24.0. The first-order chi connectivity index (χ1) is 20.1. The molecule has 0 aliphatic carbocycles. The number of benzene rings is 3. The lowest BCUT2D eigenvalue weighted by molar-refractivity contribution is 0.102. The Bertz CT molecular complexity index is 1450. The molecule has 0 atom stereocenters. The molecule has 1 fully saturated rings. The SMILES string of the molecule is CCOc1cccc(-c2ccc(CN3CCN(c4ccc(C(=O)Nc5ccc(OC)cc5)nn4)CC3)c(CC)c2)c1. The second-order valence-electron chi connectivity index (χ2n) is 10.0. The van der Waals surface area contributed by atoms with Gasteiger partial charge in [-0.05, 0) is 84.1 Å². The summed E-state index contributed by atoms with van der Waals surface area (Å²) in [4.78, 5) is 17.3. The zero-order chi connectivity index (χ0) is 28.6. The fourth-order valence-corrected chi connectivity index (χ4v) is 5.08. The second kappa shape index (κ2) is 13.3. The van der Waals surface area contributed by atoms with E-state index in [4.69, 9.17) is 9.47 Å². The van der Waals surface area contributed by atoms with E-state index >= 15 is 0 Å². The van der Waals surface area contributed by atoms with Gasteiger partial charge in [0.1, 0.15) is 11.5 Å². The summed E-state index contributed by atoms with van der Waals surface area (Å²) in [5.41, 5.74) is 6.10. The number of ether oxygens (including phenoxy) is 2. The first kappa shape index (κ1) is 28.1. The van der Waals surface area contributed by atoms with Crippen LogP contribution >= 0.6 is 0 Å². The van der Waals surface area contributed by atoms with Crippen LogP contribution in [0.3, 0.4) is 0 Å². The van der Waals surface area contributed by atoms with E-state index in [-0.39, 0.29) is 11.6 Å². The van der Waals surface area contributed by atoms with E-state index < -0.39 is 0 Å². The molecule has 1 aliphatic heterocycles. The smallest absolute Gasteiger partial charge is 0.276 e. The molecule has 0 radical (unpaired) electrons. The van der Waals surface area contributed by atoms with Crippen molar-refractivity contribution in [1.82, 2.24) is 15.1 Å². The standard InChI is InChI=1S/C33H37N5O3/c1-4-24-21-26(25-7-6-8-30(22-25)41-5-2)9-10-27(24)23-37-17-19-38(20-18-37)32-16-15-31(35-36-32)33(39)34-28-11-13-29(40-3)14-12-28/h6-16,21-22H,4-5,17-20,23H2,1-3H3,(H,34,39). The number of methoxy groups -OCH3 is 1. The van der Waals surface area contributed by atoms with Crippen molar-refractivity contribution in [2.45, 2.75) is 26.8 Å². The lowest BCUT2D eigenvalue weighted by Gasteiger charge is -2.35. The Hall–Kier alpha value is -4.43. The molecule has 8 nitrogen and oxygen atoms in total.